The van der Waals surface area contributed by atoms with Crippen molar-refractivity contribution in [3.63, 3.8) is 0 Å². The van der Waals surface area contributed by atoms with Crippen LogP contribution in [0.4, 0.5) is 5.69 Å². The van der Waals surface area contributed by atoms with Crippen LogP contribution in [-0.4, -0.2) is 22.0 Å². The lowest BCUT2D eigenvalue weighted by atomic mass is 10.1. The average molecular weight is 268 g/mol. The van der Waals surface area contributed by atoms with Gasteiger partial charge in [-0.1, -0.05) is 18.2 Å². The zero-order valence-electron chi connectivity index (χ0n) is 10.7. The van der Waals surface area contributed by atoms with Gasteiger partial charge in [-0.2, -0.15) is 0 Å². The van der Waals surface area contributed by atoms with Crippen molar-refractivity contribution in [2.45, 2.75) is 6.92 Å². The Hall–Kier alpha value is -2.82. The van der Waals surface area contributed by atoms with Crippen molar-refractivity contribution in [3.8, 4) is 0 Å². The van der Waals surface area contributed by atoms with Crippen LogP contribution in [0.1, 0.15) is 27.3 Å². The van der Waals surface area contributed by atoms with E-state index in [0.717, 1.165) is 16.9 Å². The first-order valence-electron chi connectivity index (χ1n) is 6.11. The number of fused-ring (bicyclic) bond motifs is 1. The van der Waals surface area contributed by atoms with Gasteiger partial charge in [0.1, 0.15) is 0 Å². The number of carbonyl (C=O) groups excluding carboxylic acids is 1. The van der Waals surface area contributed by atoms with Crippen LogP contribution in [0.3, 0.4) is 0 Å². The minimum atomic E-state index is -1.02. The Morgan fingerprint density at radius 2 is 2.05 bits per heavy atom. The van der Waals surface area contributed by atoms with Crippen molar-refractivity contribution in [2.24, 2.45) is 0 Å². The van der Waals surface area contributed by atoms with E-state index in [2.05, 4.69) is 10.3 Å². The Balaban J connectivity index is 2.14. The van der Waals surface area contributed by atoms with Gasteiger partial charge in [0.2, 0.25) is 0 Å². The van der Waals surface area contributed by atoms with Crippen LogP contribution in [0, 0.1) is 6.92 Å². The topological polar surface area (TPSA) is 82.2 Å². The highest BCUT2D eigenvalue weighted by Crippen LogP contribution is 2.33. The molecule has 0 spiro atoms. The normalized spacial score (nSPS) is 15.2. The maximum atomic E-state index is 12.0. The van der Waals surface area contributed by atoms with Crippen LogP contribution >= 0.6 is 0 Å². The highest BCUT2D eigenvalue weighted by atomic mass is 16.4. The van der Waals surface area contributed by atoms with Crippen molar-refractivity contribution < 1.29 is 14.7 Å². The van der Waals surface area contributed by atoms with E-state index < -0.39 is 5.97 Å². The van der Waals surface area contributed by atoms with E-state index in [0.29, 0.717) is 11.3 Å². The standard InChI is InChI=1S/C15H12N2O3/c1-8-6-11(15(19)20)13(16-8)7-10-9-4-2-3-5-12(9)17-14(10)18/h2-7,16H,1H3,(H,17,18)(H,19,20). The fraction of sp³-hybridized carbons (Fsp3) is 0.0667. The van der Waals surface area contributed by atoms with E-state index in [1.165, 1.54) is 0 Å². The number of nitrogens with one attached hydrogen (secondary N) is 2. The number of carboxylic acids is 1. The predicted molar refractivity (Wildman–Crippen MR) is 75.4 cm³/mol. The molecule has 20 heavy (non-hydrogen) atoms. The molecule has 0 radical (unpaired) electrons. The fourth-order valence-electron chi connectivity index (χ4n) is 2.33. The van der Waals surface area contributed by atoms with Gasteiger partial charge < -0.3 is 15.4 Å². The molecule has 5 heteroatoms. The number of carbonyl (C=O) groups is 2. The maximum absolute atomic E-state index is 12.0. The monoisotopic (exact) mass is 268 g/mol. The molecule has 5 nitrogen and oxygen atoms in total. The number of benzene rings is 1. The first kappa shape index (κ1) is 12.2. The summed E-state index contributed by atoms with van der Waals surface area (Å²) in [5, 5.41) is 11.9. The third-order valence-corrected chi connectivity index (χ3v) is 3.21. The summed E-state index contributed by atoms with van der Waals surface area (Å²) in [6.07, 6.45) is 1.58. The molecule has 3 rings (SSSR count). The van der Waals surface area contributed by atoms with Crippen LogP contribution < -0.4 is 5.32 Å². The van der Waals surface area contributed by atoms with Gasteiger partial charge in [-0.25, -0.2) is 4.79 Å². The molecule has 2 heterocycles. The molecule has 1 aromatic heterocycles. The summed E-state index contributed by atoms with van der Waals surface area (Å²) in [6, 6.07) is 8.86. The largest absolute Gasteiger partial charge is 0.478 e. The molecule has 0 unspecified atom stereocenters. The molecular formula is C15H12N2O3. The number of aromatic carboxylic acids is 1. The molecular weight excluding hydrogens is 256 g/mol. The van der Waals surface area contributed by atoms with Crippen LogP contribution in [0.25, 0.3) is 11.6 Å². The lowest BCUT2D eigenvalue weighted by Crippen LogP contribution is -2.04. The molecule has 3 N–H and O–H groups in total. The molecule has 0 atom stereocenters. The summed E-state index contributed by atoms with van der Waals surface area (Å²) in [7, 11) is 0. The molecule has 0 saturated carbocycles. The molecule has 0 aliphatic carbocycles. The van der Waals surface area contributed by atoms with E-state index in [1.807, 2.05) is 24.3 Å². The zero-order chi connectivity index (χ0) is 14.3. The lowest BCUT2D eigenvalue weighted by Gasteiger charge is -1.98. The molecule has 0 saturated heterocycles. The lowest BCUT2D eigenvalue weighted by molar-refractivity contribution is -0.110. The van der Waals surface area contributed by atoms with E-state index in [1.54, 1.807) is 19.1 Å². The van der Waals surface area contributed by atoms with Gasteiger partial charge in [-0.3, -0.25) is 4.79 Å². The summed E-state index contributed by atoms with van der Waals surface area (Å²) >= 11 is 0. The minimum Gasteiger partial charge on any atom is -0.478 e. The quantitative estimate of drug-likeness (QED) is 0.732. The number of hydrogen-bond donors (Lipinski definition) is 3. The zero-order valence-corrected chi connectivity index (χ0v) is 10.7. The summed E-state index contributed by atoms with van der Waals surface area (Å²) < 4.78 is 0. The molecule has 2 aromatic rings. The summed E-state index contributed by atoms with van der Waals surface area (Å²) in [5.74, 6) is -1.25. The van der Waals surface area contributed by atoms with Crippen molar-refractivity contribution in [3.05, 3.63) is 52.8 Å². The molecule has 1 amide bonds. The second kappa shape index (κ2) is 4.38. The Bertz CT molecular complexity index is 756. The van der Waals surface area contributed by atoms with Gasteiger partial charge in [-0.15, -0.1) is 0 Å². The van der Waals surface area contributed by atoms with E-state index in [9.17, 15) is 9.59 Å². The number of aryl methyl sites for hydroxylation is 1. The SMILES string of the molecule is Cc1cc(C(=O)O)c(C=C2C(=O)Nc3ccccc32)[nH]1. The van der Waals surface area contributed by atoms with Crippen LogP contribution in [-0.2, 0) is 4.79 Å². The Morgan fingerprint density at radius 1 is 1.30 bits per heavy atom. The Kier molecular flexibility index (Phi) is 2.68. The number of carboxylic acid groups (broad SMARTS) is 1. The number of amides is 1. The Labute approximate surface area is 114 Å². The number of rotatable bonds is 2. The van der Waals surface area contributed by atoms with Crippen molar-refractivity contribution >= 4 is 29.2 Å². The smallest absolute Gasteiger partial charge is 0.337 e. The third kappa shape index (κ3) is 1.89. The van der Waals surface area contributed by atoms with E-state index >= 15 is 0 Å². The van der Waals surface area contributed by atoms with Crippen molar-refractivity contribution in [1.29, 1.82) is 0 Å². The van der Waals surface area contributed by atoms with Gasteiger partial charge in [0, 0.05) is 16.9 Å². The fourth-order valence-corrected chi connectivity index (χ4v) is 2.33. The summed E-state index contributed by atoms with van der Waals surface area (Å²) in [4.78, 5) is 26.1. The molecule has 1 aliphatic rings. The van der Waals surface area contributed by atoms with Gasteiger partial charge in [0.25, 0.3) is 5.91 Å². The molecule has 0 bridgehead atoms. The van der Waals surface area contributed by atoms with Crippen molar-refractivity contribution in [2.75, 3.05) is 5.32 Å². The average Bonchev–Trinajstić information content (AvgIpc) is 2.92. The highest BCUT2D eigenvalue weighted by molar-refractivity contribution is 6.35. The number of para-hydroxylation sites is 1. The number of aromatic amines is 1. The van der Waals surface area contributed by atoms with E-state index in [-0.39, 0.29) is 11.5 Å². The highest BCUT2D eigenvalue weighted by Gasteiger charge is 2.24. The van der Waals surface area contributed by atoms with Crippen molar-refractivity contribution in [1.82, 2.24) is 4.98 Å². The van der Waals surface area contributed by atoms with Gasteiger partial charge >= 0.3 is 5.97 Å². The van der Waals surface area contributed by atoms with E-state index in [4.69, 9.17) is 5.11 Å². The summed E-state index contributed by atoms with van der Waals surface area (Å²) in [5.41, 5.74) is 3.31. The first-order chi connectivity index (χ1) is 9.56. The van der Waals surface area contributed by atoms with Gasteiger partial charge in [0.15, 0.2) is 0 Å². The molecule has 1 aliphatic heterocycles. The first-order valence-corrected chi connectivity index (χ1v) is 6.11. The molecule has 0 fully saturated rings. The van der Waals surface area contributed by atoms with Gasteiger partial charge in [-0.05, 0) is 25.1 Å². The van der Waals surface area contributed by atoms with Crippen LogP contribution in [0.15, 0.2) is 30.3 Å². The summed E-state index contributed by atoms with van der Waals surface area (Å²) in [6.45, 7) is 1.77. The molecule has 100 valence electrons. The number of hydrogen-bond acceptors (Lipinski definition) is 2. The minimum absolute atomic E-state index is 0.159. The number of aromatic nitrogens is 1. The molecule has 1 aromatic carbocycles. The predicted octanol–water partition coefficient (Wildman–Crippen LogP) is 2.51. The van der Waals surface area contributed by atoms with Crippen LogP contribution in [0.2, 0.25) is 0 Å². The van der Waals surface area contributed by atoms with Gasteiger partial charge in [0.05, 0.1) is 16.8 Å². The number of anilines is 1. The third-order valence-electron chi connectivity index (χ3n) is 3.21. The Morgan fingerprint density at radius 3 is 2.80 bits per heavy atom. The maximum Gasteiger partial charge on any atom is 0.337 e. The number of H-pyrrole nitrogens is 1. The van der Waals surface area contributed by atoms with Crippen LogP contribution in [0.5, 0.6) is 0 Å². The second-order valence-corrected chi connectivity index (χ2v) is 4.64. The second-order valence-electron chi connectivity index (χ2n) is 4.64.